The SMILES string of the molecule is Cc1nn(-c2ccccc2)c2sc(C(=O)N(Cc3cccs3)C(C)C(=O)NC(C)(C)C)cc12. The number of carbonyl (C=O) groups excluding carboxylic acids is 2. The Labute approximate surface area is 201 Å². The number of nitrogens with one attached hydrogen (secondary N) is 1. The lowest BCUT2D eigenvalue weighted by Crippen LogP contribution is -2.52. The summed E-state index contributed by atoms with van der Waals surface area (Å²) in [7, 11) is 0. The molecule has 4 aromatic rings. The molecule has 1 N–H and O–H groups in total. The van der Waals surface area contributed by atoms with Gasteiger partial charge in [-0.1, -0.05) is 24.3 Å². The minimum atomic E-state index is -0.615. The summed E-state index contributed by atoms with van der Waals surface area (Å²) in [4.78, 5) is 30.9. The molecular weight excluding hydrogens is 452 g/mol. The molecule has 33 heavy (non-hydrogen) atoms. The Morgan fingerprint density at radius 2 is 1.88 bits per heavy atom. The number of fused-ring (bicyclic) bond motifs is 1. The van der Waals surface area contributed by atoms with Gasteiger partial charge in [0.2, 0.25) is 5.91 Å². The molecule has 0 aliphatic carbocycles. The molecule has 0 aliphatic heterocycles. The minimum Gasteiger partial charge on any atom is -0.350 e. The molecule has 0 saturated carbocycles. The molecule has 0 aliphatic rings. The van der Waals surface area contributed by atoms with Crippen LogP contribution in [-0.2, 0) is 11.3 Å². The van der Waals surface area contributed by atoms with E-state index in [-0.39, 0.29) is 17.4 Å². The Morgan fingerprint density at radius 3 is 2.52 bits per heavy atom. The third kappa shape index (κ3) is 5.02. The van der Waals surface area contributed by atoms with E-state index in [0.717, 1.165) is 26.5 Å². The topological polar surface area (TPSA) is 67.2 Å². The summed E-state index contributed by atoms with van der Waals surface area (Å²) in [6.45, 7) is 9.93. The number of hydrogen-bond acceptors (Lipinski definition) is 5. The molecule has 0 spiro atoms. The van der Waals surface area contributed by atoms with Crippen LogP contribution in [0.3, 0.4) is 0 Å². The fourth-order valence-electron chi connectivity index (χ4n) is 3.61. The first kappa shape index (κ1) is 23.2. The van der Waals surface area contributed by atoms with E-state index in [9.17, 15) is 9.59 Å². The number of aryl methyl sites for hydroxylation is 1. The van der Waals surface area contributed by atoms with Crippen LogP contribution in [0.25, 0.3) is 15.9 Å². The third-order valence-electron chi connectivity index (χ3n) is 5.27. The highest BCUT2D eigenvalue weighted by atomic mass is 32.1. The van der Waals surface area contributed by atoms with Gasteiger partial charge < -0.3 is 10.2 Å². The van der Waals surface area contributed by atoms with Gasteiger partial charge in [-0.3, -0.25) is 9.59 Å². The van der Waals surface area contributed by atoms with E-state index in [1.165, 1.54) is 11.3 Å². The second-order valence-electron chi connectivity index (χ2n) is 9.09. The number of amides is 2. The van der Waals surface area contributed by atoms with Crippen LogP contribution in [-0.4, -0.2) is 38.1 Å². The van der Waals surface area contributed by atoms with E-state index >= 15 is 0 Å². The molecule has 0 bridgehead atoms. The van der Waals surface area contributed by atoms with Crippen LogP contribution < -0.4 is 5.32 Å². The van der Waals surface area contributed by atoms with Gasteiger partial charge in [0.1, 0.15) is 10.9 Å². The first-order valence-corrected chi connectivity index (χ1v) is 12.5. The molecule has 3 aromatic heterocycles. The van der Waals surface area contributed by atoms with Crippen LogP contribution in [0.15, 0.2) is 53.9 Å². The number of benzene rings is 1. The molecule has 172 valence electrons. The van der Waals surface area contributed by atoms with Crippen LogP contribution in [0.5, 0.6) is 0 Å². The Bertz CT molecular complexity index is 1270. The first-order valence-electron chi connectivity index (χ1n) is 10.8. The van der Waals surface area contributed by atoms with Crippen molar-refractivity contribution in [3.63, 3.8) is 0 Å². The van der Waals surface area contributed by atoms with Crippen molar-refractivity contribution in [3.8, 4) is 5.69 Å². The maximum Gasteiger partial charge on any atom is 0.265 e. The summed E-state index contributed by atoms with van der Waals surface area (Å²) in [5.74, 6) is -0.319. The average molecular weight is 481 g/mol. The molecule has 6 nitrogen and oxygen atoms in total. The minimum absolute atomic E-state index is 0.153. The molecule has 1 atom stereocenters. The highest BCUT2D eigenvalue weighted by Crippen LogP contribution is 2.32. The number of para-hydroxylation sites is 1. The Hall–Kier alpha value is -2.97. The molecule has 4 rings (SSSR count). The standard InChI is InChI=1S/C25H28N4O2S2/c1-16-20-14-21(33-24(20)29(27-16)18-10-7-6-8-11-18)23(31)28(15-19-12-9-13-32-19)17(2)22(30)26-25(3,4)5/h6-14,17H,15H2,1-5H3,(H,26,30). The van der Waals surface area contributed by atoms with E-state index in [2.05, 4.69) is 10.4 Å². The summed E-state index contributed by atoms with van der Waals surface area (Å²) in [6, 6.07) is 15.1. The second-order valence-corrected chi connectivity index (χ2v) is 11.2. The lowest BCUT2D eigenvalue weighted by molar-refractivity contribution is -0.126. The van der Waals surface area contributed by atoms with Crippen LogP contribution >= 0.6 is 22.7 Å². The lowest BCUT2D eigenvalue weighted by Gasteiger charge is -2.30. The molecule has 0 radical (unpaired) electrons. The van der Waals surface area contributed by atoms with E-state index in [0.29, 0.717) is 11.4 Å². The van der Waals surface area contributed by atoms with Crippen LogP contribution in [0.1, 0.15) is 47.9 Å². The van der Waals surface area contributed by atoms with Gasteiger partial charge in [0, 0.05) is 15.8 Å². The maximum atomic E-state index is 13.7. The van der Waals surface area contributed by atoms with Gasteiger partial charge in [-0.05, 0) is 64.3 Å². The van der Waals surface area contributed by atoms with Crippen molar-refractivity contribution in [3.05, 3.63) is 69.4 Å². The number of hydrogen-bond donors (Lipinski definition) is 1. The summed E-state index contributed by atoms with van der Waals surface area (Å²) in [6.07, 6.45) is 0. The fraction of sp³-hybridized carbons (Fsp3) is 0.320. The second kappa shape index (κ2) is 9.11. The van der Waals surface area contributed by atoms with Gasteiger partial charge in [0.25, 0.3) is 5.91 Å². The first-order chi connectivity index (χ1) is 15.6. The molecule has 3 heterocycles. The van der Waals surface area contributed by atoms with E-state index in [1.54, 1.807) is 23.2 Å². The van der Waals surface area contributed by atoms with Crippen molar-refractivity contribution >= 4 is 44.7 Å². The predicted molar refractivity (Wildman–Crippen MR) is 135 cm³/mol. The van der Waals surface area contributed by atoms with Crippen molar-refractivity contribution in [2.24, 2.45) is 0 Å². The van der Waals surface area contributed by atoms with Gasteiger partial charge in [-0.15, -0.1) is 22.7 Å². The van der Waals surface area contributed by atoms with Gasteiger partial charge in [0.15, 0.2) is 0 Å². The Balaban J connectivity index is 1.70. The van der Waals surface area contributed by atoms with Crippen LogP contribution in [0, 0.1) is 6.92 Å². The maximum absolute atomic E-state index is 13.7. The smallest absolute Gasteiger partial charge is 0.265 e. The Morgan fingerprint density at radius 1 is 1.15 bits per heavy atom. The number of thiophene rings is 2. The van der Waals surface area contributed by atoms with Gasteiger partial charge in [-0.25, -0.2) is 4.68 Å². The van der Waals surface area contributed by atoms with Gasteiger partial charge in [0.05, 0.1) is 22.8 Å². The summed E-state index contributed by atoms with van der Waals surface area (Å²) >= 11 is 2.99. The fourth-order valence-corrected chi connectivity index (χ4v) is 5.45. The van der Waals surface area contributed by atoms with Crippen molar-refractivity contribution in [2.45, 2.75) is 52.7 Å². The zero-order chi connectivity index (χ0) is 23.8. The van der Waals surface area contributed by atoms with Gasteiger partial charge >= 0.3 is 0 Å². The zero-order valence-electron chi connectivity index (χ0n) is 19.5. The van der Waals surface area contributed by atoms with Crippen molar-refractivity contribution in [2.75, 3.05) is 0 Å². The molecule has 0 fully saturated rings. The van der Waals surface area contributed by atoms with E-state index < -0.39 is 6.04 Å². The van der Waals surface area contributed by atoms with Gasteiger partial charge in [-0.2, -0.15) is 5.10 Å². The number of carbonyl (C=O) groups is 2. The molecular formula is C25H28N4O2S2. The summed E-state index contributed by atoms with van der Waals surface area (Å²) < 4.78 is 1.88. The average Bonchev–Trinajstić information content (AvgIpc) is 3.49. The third-order valence-corrected chi connectivity index (χ3v) is 7.23. The van der Waals surface area contributed by atoms with Crippen molar-refractivity contribution < 1.29 is 9.59 Å². The predicted octanol–water partition coefficient (Wildman–Crippen LogP) is 5.40. The normalized spacial score (nSPS) is 12.6. The quantitative estimate of drug-likeness (QED) is 0.402. The highest BCUT2D eigenvalue weighted by molar-refractivity contribution is 7.20. The number of rotatable bonds is 6. The summed E-state index contributed by atoms with van der Waals surface area (Å²) in [5, 5.41) is 10.6. The summed E-state index contributed by atoms with van der Waals surface area (Å²) in [5.41, 5.74) is 1.44. The lowest BCUT2D eigenvalue weighted by atomic mass is 10.1. The molecule has 1 aromatic carbocycles. The highest BCUT2D eigenvalue weighted by Gasteiger charge is 2.31. The Kier molecular flexibility index (Phi) is 6.41. The zero-order valence-corrected chi connectivity index (χ0v) is 21.1. The van der Waals surface area contributed by atoms with Crippen molar-refractivity contribution in [1.82, 2.24) is 20.0 Å². The molecule has 0 saturated heterocycles. The monoisotopic (exact) mass is 480 g/mol. The van der Waals surface area contributed by atoms with E-state index in [4.69, 9.17) is 0 Å². The van der Waals surface area contributed by atoms with Crippen LogP contribution in [0.2, 0.25) is 0 Å². The van der Waals surface area contributed by atoms with E-state index in [1.807, 2.05) is 86.3 Å². The molecule has 2 amide bonds. The molecule has 8 heteroatoms. The van der Waals surface area contributed by atoms with Crippen LogP contribution in [0.4, 0.5) is 0 Å². The largest absolute Gasteiger partial charge is 0.350 e. The number of aromatic nitrogens is 2. The molecule has 1 unspecified atom stereocenters. The number of nitrogens with zero attached hydrogens (tertiary/aromatic N) is 3. The van der Waals surface area contributed by atoms with Crippen molar-refractivity contribution in [1.29, 1.82) is 0 Å².